The van der Waals surface area contributed by atoms with Gasteiger partial charge < -0.3 is 25.6 Å². The fourth-order valence-electron chi connectivity index (χ4n) is 4.50. The molecule has 0 saturated carbocycles. The van der Waals surface area contributed by atoms with Crippen LogP contribution in [0.15, 0.2) is 91.0 Å². The van der Waals surface area contributed by atoms with Gasteiger partial charge in [0.2, 0.25) is 5.91 Å². The Morgan fingerprint density at radius 2 is 1.61 bits per heavy atom. The Morgan fingerprint density at radius 1 is 0.921 bits per heavy atom. The summed E-state index contributed by atoms with van der Waals surface area (Å²) in [5.74, 6) is 0.602. The molecule has 1 fully saturated rings. The van der Waals surface area contributed by atoms with E-state index in [4.69, 9.17) is 4.74 Å². The van der Waals surface area contributed by atoms with Crippen molar-refractivity contribution in [3.8, 4) is 16.9 Å². The standard InChI is InChI=1S/C31H36N4O3/c1-38-29-16-9-24(10-17-29)23-28(15-18-30(36)32-19-22-35-20-5-6-21-35)34-31(37)33-27-13-11-26(12-14-27)25-7-3-2-4-8-25/h2-4,7-18,28H,5-6,19-23H2,1H3,(H,32,36)(H2,33,34,37)/b18-15+. The summed E-state index contributed by atoms with van der Waals surface area (Å²) in [5.41, 5.74) is 3.90. The maximum absolute atomic E-state index is 12.8. The normalized spacial score (nSPS) is 14.2. The van der Waals surface area contributed by atoms with Crippen molar-refractivity contribution >= 4 is 17.6 Å². The van der Waals surface area contributed by atoms with E-state index in [1.807, 2.05) is 78.9 Å². The first-order chi connectivity index (χ1) is 18.6. The lowest BCUT2D eigenvalue weighted by atomic mass is 10.0. The molecule has 0 spiro atoms. The highest BCUT2D eigenvalue weighted by Gasteiger charge is 2.13. The molecule has 1 saturated heterocycles. The molecule has 3 amide bonds. The third-order valence-corrected chi connectivity index (χ3v) is 6.59. The summed E-state index contributed by atoms with van der Waals surface area (Å²) in [6, 6.07) is 24.8. The number of nitrogens with zero attached hydrogens (tertiary/aromatic N) is 1. The number of carbonyl (C=O) groups excluding carboxylic acids is 2. The third kappa shape index (κ3) is 8.49. The van der Waals surface area contributed by atoms with Gasteiger partial charge in [-0.3, -0.25) is 4.79 Å². The van der Waals surface area contributed by atoms with Crippen molar-refractivity contribution in [2.24, 2.45) is 0 Å². The van der Waals surface area contributed by atoms with E-state index < -0.39 is 0 Å². The molecule has 3 aromatic rings. The molecular weight excluding hydrogens is 476 g/mol. The van der Waals surface area contributed by atoms with Crippen molar-refractivity contribution in [2.45, 2.75) is 25.3 Å². The van der Waals surface area contributed by atoms with E-state index in [1.54, 1.807) is 13.2 Å². The van der Waals surface area contributed by atoms with Gasteiger partial charge in [-0.05, 0) is 73.3 Å². The fourth-order valence-corrected chi connectivity index (χ4v) is 4.50. The lowest BCUT2D eigenvalue weighted by molar-refractivity contribution is -0.116. The molecule has 1 aliphatic heterocycles. The zero-order chi connectivity index (χ0) is 26.6. The number of anilines is 1. The number of hydrogen-bond donors (Lipinski definition) is 3. The van der Waals surface area contributed by atoms with Gasteiger partial charge >= 0.3 is 6.03 Å². The van der Waals surface area contributed by atoms with Gasteiger partial charge in [0.05, 0.1) is 13.2 Å². The summed E-state index contributed by atoms with van der Waals surface area (Å²) < 4.78 is 5.24. The van der Waals surface area contributed by atoms with Crippen LogP contribution in [0.5, 0.6) is 5.75 Å². The highest BCUT2D eigenvalue weighted by atomic mass is 16.5. The van der Waals surface area contributed by atoms with Crippen LogP contribution in [0.4, 0.5) is 10.5 Å². The van der Waals surface area contributed by atoms with E-state index in [0.29, 0.717) is 18.7 Å². The highest BCUT2D eigenvalue weighted by molar-refractivity contribution is 5.90. The topological polar surface area (TPSA) is 82.7 Å². The first-order valence-corrected chi connectivity index (χ1v) is 13.1. The van der Waals surface area contributed by atoms with E-state index in [9.17, 15) is 9.59 Å². The maximum Gasteiger partial charge on any atom is 0.319 e. The van der Waals surface area contributed by atoms with Crippen molar-refractivity contribution in [3.05, 3.63) is 96.6 Å². The van der Waals surface area contributed by atoms with E-state index in [1.165, 1.54) is 18.9 Å². The summed E-state index contributed by atoms with van der Waals surface area (Å²) in [6.07, 6.45) is 6.24. The molecule has 0 aromatic heterocycles. The summed E-state index contributed by atoms with van der Waals surface area (Å²) in [7, 11) is 1.63. The molecule has 3 N–H and O–H groups in total. The van der Waals surface area contributed by atoms with Gasteiger partial charge in [-0.2, -0.15) is 0 Å². The molecule has 1 aliphatic rings. The summed E-state index contributed by atoms with van der Waals surface area (Å²) in [6.45, 7) is 3.67. The second kappa shape index (κ2) is 14.0. The summed E-state index contributed by atoms with van der Waals surface area (Å²) in [4.78, 5) is 27.6. The number of benzene rings is 3. The average molecular weight is 513 g/mol. The first-order valence-electron chi connectivity index (χ1n) is 13.1. The molecule has 4 rings (SSSR count). The fraction of sp³-hybridized carbons (Fsp3) is 0.290. The molecule has 0 bridgehead atoms. The zero-order valence-electron chi connectivity index (χ0n) is 21.9. The van der Waals surface area contributed by atoms with E-state index in [-0.39, 0.29) is 18.0 Å². The SMILES string of the molecule is COc1ccc(CC(/C=C/C(=O)NCCN2CCCC2)NC(=O)Nc2ccc(-c3ccccc3)cc2)cc1. The maximum atomic E-state index is 12.8. The number of rotatable bonds is 11. The number of carbonyl (C=O) groups is 2. The molecule has 198 valence electrons. The largest absolute Gasteiger partial charge is 0.497 e. The van der Waals surface area contributed by atoms with Crippen molar-refractivity contribution in [1.82, 2.24) is 15.5 Å². The molecule has 1 heterocycles. The molecule has 1 unspecified atom stereocenters. The van der Waals surface area contributed by atoms with Crippen molar-refractivity contribution in [3.63, 3.8) is 0 Å². The lowest BCUT2D eigenvalue weighted by Crippen LogP contribution is -2.38. The summed E-state index contributed by atoms with van der Waals surface area (Å²) in [5, 5.41) is 8.83. The predicted molar refractivity (Wildman–Crippen MR) is 152 cm³/mol. The van der Waals surface area contributed by atoms with Gasteiger partial charge in [0.1, 0.15) is 5.75 Å². The van der Waals surface area contributed by atoms with E-state index >= 15 is 0 Å². The number of methoxy groups -OCH3 is 1. The van der Waals surface area contributed by atoms with Gasteiger partial charge in [0, 0.05) is 24.9 Å². The van der Waals surface area contributed by atoms with Crippen LogP contribution in [0, 0.1) is 0 Å². The minimum absolute atomic E-state index is 0.164. The Morgan fingerprint density at radius 3 is 2.29 bits per heavy atom. The molecule has 3 aromatic carbocycles. The molecule has 0 radical (unpaired) electrons. The van der Waals surface area contributed by atoms with Gasteiger partial charge in [-0.1, -0.05) is 60.7 Å². The minimum Gasteiger partial charge on any atom is -0.497 e. The van der Waals surface area contributed by atoms with Crippen LogP contribution in [0.25, 0.3) is 11.1 Å². The van der Waals surface area contributed by atoms with E-state index in [2.05, 4.69) is 20.9 Å². The number of hydrogen-bond acceptors (Lipinski definition) is 4. The Hall–Kier alpha value is -4.10. The van der Waals surface area contributed by atoms with Crippen LogP contribution < -0.4 is 20.7 Å². The smallest absolute Gasteiger partial charge is 0.319 e. The van der Waals surface area contributed by atoms with E-state index in [0.717, 1.165) is 42.1 Å². The van der Waals surface area contributed by atoms with Crippen LogP contribution >= 0.6 is 0 Å². The average Bonchev–Trinajstić information content (AvgIpc) is 3.47. The molecule has 0 aliphatic carbocycles. The number of likely N-dealkylation sites (tertiary alicyclic amines) is 1. The monoisotopic (exact) mass is 512 g/mol. The summed E-state index contributed by atoms with van der Waals surface area (Å²) >= 11 is 0. The molecule has 7 heteroatoms. The molecule has 1 atom stereocenters. The van der Waals surface area contributed by atoms with Crippen LogP contribution in [-0.4, -0.2) is 56.2 Å². The van der Waals surface area contributed by atoms with Gasteiger partial charge in [-0.15, -0.1) is 0 Å². The number of amides is 3. The number of ether oxygens (including phenoxy) is 1. The van der Waals surface area contributed by atoms with Crippen molar-refractivity contribution in [2.75, 3.05) is 38.6 Å². The second-order valence-corrected chi connectivity index (χ2v) is 9.40. The Balaban J connectivity index is 1.35. The van der Waals surface area contributed by atoms with Crippen molar-refractivity contribution in [1.29, 1.82) is 0 Å². The van der Waals surface area contributed by atoms with Gasteiger partial charge in [0.15, 0.2) is 0 Å². The highest BCUT2D eigenvalue weighted by Crippen LogP contribution is 2.21. The Bertz CT molecular complexity index is 1190. The van der Waals surface area contributed by atoms with Crippen LogP contribution in [0.2, 0.25) is 0 Å². The predicted octanol–water partition coefficient (Wildman–Crippen LogP) is 4.86. The van der Waals surface area contributed by atoms with Gasteiger partial charge in [0.25, 0.3) is 0 Å². The zero-order valence-corrected chi connectivity index (χ0v) is 21.9. The quantitative estimate of drug-likeness (QED) is 0.321. The van der Waals surface area contributed by atoms with Gasteiger partial charge in [-0.25, -0.2) is 4.79 Å². The molecule has 7 nitrogen and oxygen atoms in total. The Kier molecular flexibility index (Phi) is 9.93. The van der Waals surface area contributed by atoms with Crippen LogP contribution in [0.1, 0.15) is 18.4 Å². The van der Waals surface area contributed by atoms with Crippen molar-refractivity contribution < 1.29 is 14.3 Å². The lowest BCUT2D eigenvalue weighted by Gasteiger charge is -2.17. The Labute approximate surface area is 224 Å². The molecule has 38 heavy (non-hydrogen) atoms. The van der Waals surface area contributed by atoms with Crippen LogP contribution in [0.3, 0.4) is 0 Å². The minimum atomic E-state index is -0.378. The third-order valence-electron chi connectivity index (χ3n) is 6.59. The molecular formula is C31H36N4O3. The first kappa shape index (κ1) is 26.9. The number of urea groups is 1. The second-order valence-electron chi connectivity index (χ2n) is 9.40. The number of nitrogens with one attached hydrogen (secondary N) is 3. The van der Waals surface area contributed by atoms with Crippen LogP contribution in [-0.2, 0) is 11.2 Å².